The Balaban J connectivity index is 2.29. The van der Waals surface area contributed by atoms with Gasteiger partial charge in [0.25, 0.3) is 0 Å². The summed E-state index contributed by atoms with van der Waals surface area (Å²) < 4.78 is 0. The van der Waals surface area contributed by atoms with Gasteiger partial charge in [0.2, 0.25) is 0 Å². The second kappa shape index (κ2) is 8.30. The molecule has 6 heteroatoms. The first kappa shape index (κ1) is 16.1. The first-order chi connectivity index (χ1) is 9.02. The Bertz CT molecular complexity index is 310. The molecule has 0 aliphatic carbocycles. The van der Waals surface area contributed by atoms with Crippen molar-refractivity contribution in [3.8, 4) is 0 Å². The van der Waals surface area contributed by atoms with Gasteiger partial charge in [0.1, 0.15) is 6.04 Å². The molecule has 0 bridgehead atoms. The normalized spacial score (nSPS) is 19.5. The van der Waals surface area contributed by atoms with E-state index in [-0.39, 0.29) is 6.03 Å². The van der Waals surface area contributed by atoms with Gasteiger partial charge in [-0.15, -0.1) is 0 Å². The van der Waals surface area contributed by atoms with Crippen LogP contribution in [0.15, 0.2) is 0 Å². The van der Waals surface area contributed by atoms with Crippen LogP contribution in [0, 0.1) is 5.92 Å². The molecule has 1 fully saturated rings. The number of urea groups is 1. The highest BCUT2D eigenvalue weighted by Crippen LogP contribution is 2.16. The van der Waals surface area contributed by atoms with Gasteiger partial charge in [0, 0.05) is 24.6 Å². The number of carboxylic acids is 1. The topological polar surface area (TPSA) is 69.6 Å². The van der Waals surface area contributed by atoms with Crippen molar-refractivity contribution in [1.82, 2.24) is 10.2 Å². The number of nitrogens with zero attached hydrogens (tertiary/aromatic N) is 1. The second-order valence-electron chi connectivity index (χ2n) is 5.24. The molecule has 5 nitrogen and oxygen atoms in total. The summed E-state index contributed by atoms with van der Waals surface area (Å²) in [6, 6.07) is -0.924. The molecule has 1 unspecified atom stereocenters. The van der Waals surface area contributed by atoms with Gasteiger partial charge < -0.3 is 15.3 Å². The van der Waals surface area contributed by atoms with Gasteiger partial charge in [-0.1, -0.05) is 26.7 Å². The van der Waals surface area contributed by atoms with Gasteiger partial charge in [-0.05, 0) is 12.3 Å². The van der Waals surface area contributed by atoms with Crippen molar-refractivity contribution >= 4 is 23.8 Å². The first-order valence-electron chi connectivity index (χ1n) is 6.87. The van der Waals surface area contributed by atoms with Crippen LogP contribution in [-0.4, -0.2) is 52.6 Å². The fraction of sp³-hybridized carbons (Fsp3) is 0.846. The maximum atomic E-state index is 12.0. The van der Waals surface area contributed by atoms with Crippen molar-refractivity contribution in [3.63, 3.8) is 0 Å². The Hall–Kier alpha value is -0.910. The van der Waals surface area contributed by atoms with Gasteiger partial charge >= 0.3 is 12.0 Å². The molecule has 0 spiro atoms. The first-order valence-corrected chi connectivity index (χ1v) is 8.03. The van der Waals surface area contributed by atoms with E-state index < -0.39 is 12.0 Å². The molecule has 1 rings (SSSR count). The number of unbranched alkanes of at least 4 members (excludes halogenated alkanes) is 1. The van der Waals surface area contributed by atoms with E-state index >= 15 is 0 Å². The summed E-state index contributed by atoms with van der Waals surface area (Å²) in [6.45, 7) is 5.50. The summed E-state index contributed by atoms with van der Waals surface area (Å²) in [4.78, 5) is 24.5. The van der Waals surface area contributed by atoms with Gasteiger partial charge in [0.05, 0.1) is 0 Å². The number of nitrogens with one attached hydrogen (secondary N) is 1. The highest BCUT2D eigenvalue weighted by Gasteiger charge is 2.32. The zero-order chi connectivity index (χ0) is 14.3. The fourth-order valence-electron chi connectivity index (χ4n) is 2.03. The molecule has 1 aliphatic rings. The number of aliphatic carboxylic acids is 1. The van der Waals surface area contributed by atoms with E-state index in [4.69, 9.17) is 5.11 Å². The van der Waals surface area contributed by atoms with E-state index in [1.807, 2.05) is 0 Å². The number of rotatable bonds is 6. The van der Waals surface area contributed by atoms with Crippen LogP contribution in [0.3, 0.4) is 0 Å². The number of amides is 2. The lowest BCUT2D eigenvalue weighted by Gasteiger charge is -2.32. The molecule has 0 saturated carbocycles. The van der Waals surface area contributed by atoms with Crippen molar-refractivity contribution in [2.45, 2.75) is 39.2 Å². The molecular weight excluding hydrogens is 264 g/mol. The summed E-state index contributed by atoms with van der Waals surface area (Å²) in [6.07, 6.45) is 3.20. The quantitative estimate of drug-likeness (QED) is 0.734. The smallest absolute Gasteiger partial charge is 0.327 e. The molecule has 0 radical (unpaired) electrons. The molecule has 2 amide bonds. The van der Waals surface area contributed by atoms with Crippen molar-refractivity contribution in [1.29, 1.82) is 0 Å². The minimum atomic E-state index is -0.915. The van der Waals surface area contributed by atoms with Crippen LogP contribution in [-0.2, 0) is 4.79 Å². The molecule has 1 saturated heterocycles. The number of thioether (sulfide) groups is 1. The summed E-state index contributed by atoms with van der Waals surface area (Å²) >= 11 is 1.59. The molecule has 0 aromatic heterocycles. The van der Waals surface area contributed by atoms with Crippen LogP contribution in [0.5, 0.6) is 0 Å². The van der Waals surface area contributed by atoms with E-state index in [9.17, 15) is 9.59 Å². The lowest BCUT2D eigenvalue weighted by Crippen LogP contribution is -2.53. The lowest BCUT2D eigenvalue weighted by atomic mass is 10.1. The van der Waals surface area contributed by atoms with Gasteiger partial charge in [-0.2, -0.15) is 11.8 Å². The predicted octanol–water partition coefficient (Wildman–Crippen LogP) is 2.02. The molecular formula is C13H24N2O3S. The molecule has 1 atom stereocenters. The number of carbonyl (C=O) groups is 2. The molecule has 0 aromatic carbocycles. The number of hydrogen-bond donors (Lipinski definition) is 2. The summed E-state index contributed by atoms with van der Waals surface area (Å²) in [5.41, 5.74) is 0. The minimum Gasteiger partial charge on any atom is -0.480 e. The van der Waals surface area contributed by atoms with E-state index in [0.29, 0.717) is 24.8 Å². The van der Waals surface area contributed by atoms with E-state index in [0.717, 1.165) is 25.0 Å². The monoisotopic (exact) mass is 288 g/mol. The van der Waals surface area contributed by atoms with Crippen LogP contribution in [0.1, 0.15) is 33.1 Å². The Labute approximate surface area is 119 Å². The van der Waals surface area contributed by atoms with Crippen LogP contribution in [0.25, 0.3) is 0 Å². The molecule has 0 aromatic rings. The highest BCUT2D eigenvalue weighted by atomic mass is 32.2. The van der Waals surface area contributed by atoms with E-state index in [1.54, 1.807) is 11.8 Å². The standard InChI is InChI=1S/C13H24N2O3S/c1-10(2)5-3-4-6-14-13(18)15-7-8-19-9-11(15)12(16)17/h10-11H,3-9H2,1-2H3,(H,14,18)(H,16,17). The molecule has 1 aliphatic heterocycles. The minimum absolute atomic E-state index is 0.239. The van der Waals surface area contributed by atoms with Crippen LogP contribution < -0.4 is 5.32 Å². The van der Waals surface area contributed by atoms with Gasteiger partial charge in [-0.3, -0.25) is 0 Å². The molecule has 19 heavy (non-hydrogen) atoms. The van der Waals surface area contributed by atoms with E-state index in [1.165, 1.54) is 4.90 Å². The Kier molecular flexibility index (Phi) is 7.05. The third-order valence-corrected chi connectivity index (χ3v) is 4.18. The Morgan fingerprint density at radius 3 is 2.79 bits per heavy atom. The maximum absolute atomic E-state index is 12.0. The number of carbonyl (C=O) groups excluding carboxylic acids is 1. The van der Waals surface area contributed by atoms with Crippen LogP contribution in [0.4, 0.5) is 4.79 Å². The van der Waals surface area contributed by atoms with Crippen LogP contribution in [0.2, 0.25) is 0 Å². The number of carboxylic acid groups (broad SMARTS) is 1. The average Bonchev–Trinajstić information content (AvgIpc) is 2.37. The second-order valence-corrected chi connectivity index (χ2v) is 6.39. The SMILES string of the molecule is CC(C)CCCCNC(=O)N1CCSCC1C(=O)O. The Morgan fingerprint density at radius 1 is 1.42 bits per heavy atom. The van der Waals surface area contributed by atoms with Crippen molar-refractivity contribution in [2.75, 3.05) is 24.6 Å². The lowest BCUT2D eigenvalue weighted by molar-refractivity contribution is -0.141. The summed E-state index contributed by atoms with van der Waals surface area (Å²) in [5, 5.41) is 11.9. The van der Waals surface area contributed by atoms with Gasteiger partial charge in [0.15, 0.2) is 0 Å². The van der Waals surface area contributed by atoms with Crippen molar-refractivity contribution in [2.24, 2.45) is 5.92 Å². The van der Waals surface area contributed by atoms with E-state index in [2.05, 4.69) is 19.2 Å². The fourth-order valence-corrected chi connectivity index (χ4v) is 3.06. The third kappa shape index (κ3) is 5.72. The summed E-state index contributed by atoms with van der Waals surface area (Å²) in [7, 11) is 0. The molecule has 1 heterocycles. The highest BCUT2D eigenvalue weighted by molar-refractivity contribution is 7.99. The van der Waals surface area contributed by atoms with Crippen molar-refractivity contribution < 1.29 is 14.7 Å². The third-order valence-electron chi connectivity index (χ3n) is 3.16. The van der Waals surface area contributed by atoms with Crippen molar-refractivity contribution in [3.05, 3.63) is 0 Å². The maximum Gasteiger partial charge on any atom is 0.327 e. The molecule has 2 N–H and O–H groups in total. The average molecular weight is 288 g/mol. The zero-order valence-corrected chi connectivity index (χ0v) is 12.5. The van der Waals surface area contributed by atoms with Gasteiger partial charge in [-0.25, -0.2) is 9.59 Å². The largest absolute Gasteiger partial charge is 0.480 e. The summed E-state index contributed by atoms with van der Waals surface area (Å²) in [5.74, 6) is 1.06. The number of hydrogen-bond acceptors (Lipinski definition) is 3. The predicted molar refractivity (Wildman–Crippen MR) is 77.5 cm³/mol. The Morgan fingerprint density at radius 2 is 2.16 bits per heavy atom. The molecule has 110 valence electrons. The van der Waals surface area contributed by atoms with Crippen LogP contribution >= 0.6 is 11.8 Å². The zero-order valence-electron chi connectivity index (χ0n) is 11.7.